The summed E-state index contributed by atoms with van der Waals surface area (Å²) >= 11 is 6.40. The number of carbonyl (C=O) groups excluding carboxylic acids is 1. The van der Waals surface area contributed by atoms with Gasteiger partial charge in [-0.3, -0.25) is 4.79 Å². The number of nitrogens with zero attached hydrogens (tertiary/aromatic N) is 4. The van der Waals surface area contributed by atoms with E-state index in [-0.39, 0.29) is 30.2 Å². The van der Waals surface area contributed by atoms with E-state index in [1.165, 1.54) is 12.1 Å². The molecule has 2 aliphatic heterocycles. The lowest BCUT2D eigenvalue weighted by atomic mass is 9.80. The molecule has 33 heavy (non-hydrogen) atoms. The van der Waals surface area contributed by atoms with Gasteiger partial charge in [-0.05, 0) is 68.6 Å². The molecule has 3 aromatic rings. The number of piperidine rings is 1. The highest BCUT2D eigenvalue weighted by Gasteiger charge is 2.35. The molecule has 4 heterocycles. The third-order valence-electron chi connectivity index (χ3n) is 6.72. The second kappa shape index (κ2) is 9.44. The largest absolute Gasteiger partial charge is 0.349 e. The molecule has 2 aliphatic rings. The Morgan fingerprint density at radius 3 is 2.88 bits per heavy atom. The first-order chi connectivity index (χ1) is 15.4. The van der Waals surface area contributed by atoms with Gasteiger partial charge in [0.2, 0.25) is 5.91 Å². The van der Waals surface area contributed by atoms with Crippen molar-refractivity contribution in [3.63, 3.8) is 0 Å². The SMILES string of the molecule is CC1(C(=O)Nc2cnn3ccc(N4CCCC4c4cc(F)ccc4Cl)nc23)CCNCC1.Cl. The van der Waals surface area contributed by atoms with E-state index in [1.807, 2.05) is 19.2 Å². The van der Waals surface area contributed by atoms with Gasteiger partial charge in [-0.15, -0.1) is 12.4 Å². The van der Waals surface area contributed by atoms with Crippen molar-refractivity contribution in [2.75, 3.05) is 29.9 Å². The highest BCUT2D eigenvalue weighted by Crippen LogP contribution is 2.39. The fourth-order valence-electron chi connectivity index (χ4n) is 4.72. The lowest BCUT2D eigenvalue weighted by Gasteiger charge is -2.32. The molecule has 176 valence electrons. The van der Waals surface area contributed by atoms with Crippen LogP contribution in [0.15, 0.2) is 36.7 Å². The number of aromatic nitrogens is 3. The maximum atomic E-state index is 13.9. The van der Waals surface area contributed by atoms with Crippen LogP contribution in [0.2, 0.25) is 5.02 Å². The summed E-state index contributed by atoms with van der Waals surface area (Å²) in [5.41, 5.74) is 1.54. The predicted molar refractivity (Wildman–Crippen MR) is 130 cm³/mol. The third kappa shape index (κ3) is 4.52. The summed E-state index contributed by atoms with van der Waals surface area (Å²) in [7, 11) is 0. The van der Waals surface area contributed by atoms with Gasteiger partial charge in [-0.2, -0.15) is 5.10 Å². The van der Waals surface area contributed by atoms with Gasteiger partial charge < -0.3 is 15.5 Å². The molecule has 2 aromatic heterocycles. The Morgan fingerprint density at radius 2 is 2.09 bits per heavy atom. The first-order valence-corrected chi connectivity index (χ1v) is 11.4. The molecule has 10 heteroatoms. The number of nitrogens with one attached hydrogen (secondary N) is 2. The van der Waals surface area contributed by atoms with Crippen LogP contribution in [0.5, 0.6) is 0 Å². The molecule has 2 N–H and O–H groups in total. The van der Waals surface area contributed by atoms with Crippen LogP contribution in [0.1, 0.15) is 44.2 Å². The fourth-order valence-corrected chi connectivity index (χ4v) is 4.96. The standard InChI is InChI=1S/C23H26ClFN6O.ClH/c1-23(7-9-26-10-8-23)22(32)28-18-14-27-31-12-6-20(29-21(18)31)30-11-2-3-19(30)16-13-15(25)4-5-17(16)24;/h4-6,12-14,19,26H,2-3,7-11H2,1H3,(H,28,32);1H. The van der Waals surface area contributed by atoms with Crippen molar-refractivity contribution in [1.82, 2.24) is 19.9 Å². The molecule has 5 rings (SSSR count). The van der Waals surface area contributed by atoms with Crippen LogP contribution in [-0.4, -0.2) is 40.1 Å². The quantitative estimate of drug-likeness (QED) is 0.555. The monoisotopic (exact) mass is 492 g/mol. The van der Waals surface area contributed by atoms with Crippen LogP contribution in [0.4, 0.5) is 15.9 Å². The number of halogens is 3. The Hall–Kier alpha value is -2.42. The highest BCUT2D eigenvalue weighted by atomic mass is 35.5. The van der Waals surface area contributed by atoms with E-state index >= 15 is 0 Å². The molecule has 1 aromatic carbocycles. The van der Waals surface area contributed by atoms with Crippen molar-refractivity contribution < 1.29 is 9.18 Å². The van der Waals surface area contributed by atoms with Crippen LogP contribution in [0.25, 0.3) is 5.65 Å². The number of fused-ring (bicyclic) bond motifs is 1. The Balaban J connectivity index is 0.00000259. The topological polar surface area (TPSA) is 74.6 Å². The smallest absolute Gasteiger partial charge is 0.230 e. The van der Waals surface area contributed by atoms with Crippen molar-refractivity contribution in [2.24, 2.45) is 5.41 Å². The number of benzene rings is 1. The first kappa shape index (κ1) is 23.7. The average molecular weight is 493 g/mol. The molecule has 1 amide bonds. The van der Waals surface area contributed by atoms with Gasteiger partial charge in [0.25, 0.3) is 0 Å². The van der Waals surface area contributed by atoms with Gasteiger partial charge in [0.1, 0.15) is 17.3 Å². The zero-order chi connectivity index (χ0) is 22.3. The Kier molecular flexibility index (Phi) is 6.79. The zero-order valence-corrected chi connectivity index (χ0v) is 19.9. The third-order valence-corrected chi connectivity index (χ3v) is 7.07. The van der Waals surface area contributed by atoms with Crippen molar-refractivity contribution in [3.8, 4) is 0 Å². The summed E-state index contributed by atoms with van der Waals surface area (Å²) in [6.07, 6.45) is 6.88. The predicted octanol–water partition coefficient (Wildman–Crippen LogP) is 4.61. The van der Waals surface area contributed by atoms with E-state index in [9.17, 15) is 9.18 Å². The second-order valence-corrected chi connectivity index (χ2v) is 9.30. The molecule has 0 saturated carbocycles. The Morgan fingerprint density at radius 1 is 1.30 bits per heavy atom. The van der Waals surface area contributed by atoms with Crippen molar-refractivity contribution in [1.29, 1.82) is 0 Å². The molecule has 2 saturated heterocycles. The number of hydrogen-bond acceptors (Lipinski definition) is 5. The molecule has 0 bridgehead atoms. The highest BCUT2D eigenvalue weighted by molar-refractivity contribution is 6.31. The molecule has 1 atom stereocenters. The van der Waals surface area contributed by atoms with E-state index in [1.54, 1.807) is 16.8 Å². The van der Waals surface area contributed by atoms with Crippen LogP contribution < -0.4 is 15.5 Å². The number of anilines is 2. The normalized spacial score (nSPS) is 20.0. The minimum absolute atomic E-state index is 0. The van der Waals surface area contributed by atoms with Crippen LogP contribution in [0, 0.1) is 11.2 Å². The summed E-state index contributed by atoms with van der Waals surface area (Å²) in [5, 5.41) is 11.3. The molecule has 1 unspecified atom stereocenters. The first-order valence-electron chi connectivity index (χ1n) is 11.0. The van der Waals surface area contributed by atoms with Crippen LogP contribution >= 0.6 is 24.0 Å². The van der Waals surface area contributed by atoms with Crippen molar-refractivity contribution in [3.05, 3.63) is 53.1 Å². The minimum atomic E-state index is -0.411. The van der Waals surface area contributed by atoms with Crippen molar-refractivity contribution >= 4 is 47.1 Å². The Labute approximate surface area is 203 Å². The summed E-state index contributed by atoms with van der Waals surface area (Å²) in [6.45, 7) is 4.47. The van der Waals surface area contributed by atoms with Crippen LogP contribution in [-0.2, 0) is 4.79 Å². The molecule has 2 fully saturated rings. The lowest BCUT2D eigenvalue weighted by molar-refractivity contribution is -0.126. The number of hydrogen-bond donors (Lipinski definition) is 2. The van der Waals surface area contributed by atoms with Gasteiger partial charge in [0, 0.05) is 23.2 Å². The number of rotatable bonds is 4. The van der Waals surface area contributed by atoms with Gasteiger partial charge >= 0.3 is 0 Å². The summed E-state index contributed by atoms with van der Waals surface area (Å²) < 4.78 is 15.6. The summed E-state index contributed by atoms with van der Waals surface area (Å²) in [6, 6.07) is 6.33. The van der Waals surface area contributed by atoms with Gasteiger partial charge in [0.15, 0.2) is 5.65 Å². The fraction of sp³-hybridized carbons (Fsp3) is 0.435. The average Bonchev–Trinajstić information content (AvgIpc) is 3.43. The number of carbonyl (C=O) groups is 1. The maximum absolute atomic E-state index is 13.9. The maximum Gasteiger partial charge on any atom is 0.230 e. The molecule has 7 nitrogen and oxygen atoms in total. The van der Waals surface area contributed by atoms with Gasteiger partial charge in [-0.25, -0.2) is 13.9 Å². The molecule has 0 spiro atoms. The molecular weight excluding hydrogens is 466 g/mol. The minimum Gasteiger partial charge on any atom is -0.349 e. The summed E-state index contributed by atoms with van der Waals surface area (Å²) in [5.74, 6) is 0.447. The summed E-state index contributed by atoms with van der Waals surface area (Å²) in [4.78, 5) is 20.0. The molecular formula is C23H27Cl2FN6O. The van der Waals surface area contributed by atoms with E-state index in [4.69, 9.17) is 16.6 Å². The molecule has 0 aliphatic carbocycles. The Bertz CT molecular complexity index is 1160. The van der Waals surface area contributed by atoms with Gasteiger partial charge in [0.05, 0.1) is 12.2 Å². The van der Waals surface area contributed by atoms with Gasteiger partial charge in [-0.1, -0.05) is 18.5 Å². The molecule has 0 radical (unpaired) electrons. The lowest BCUT2D eigenvalue weighted by Crippen LogP contribution is -2.42. The van der Waals surface area contributed by atoms with Crippen LogP contribution in [0.3, 0.4) is 0 Å². The van der Waals surface area contributed by atoms with E-state index in [0.29, 0.717) is 16.4 Å². The van der Waals surface area contributed by atoms with E-state index < -0.39 is 5.41 Å². The van der Waals surface area contributed by atoms with E-state index in [0.717, 1.165) is 56.7 Å². The second-order valence-electron chi connectivity index (χ2n) is 8.89. The number of amides is 1. The van der Waals surface area contributed by atoms with E-state index in [2.05, 4.69) is 20.6 Å². The van der Waals surface area contributed by atoms with Crippen molar-refractivity contribution in [2.45, 2.75) is 38.6 Å². The zero-order valence-electron chi connectivity index (χ0n) is 18.4.